The second kappa shape index (κ2) is 6.11. The van der Waals surface area contributed by atoms with Gasteiger partial charge in [0.25, 0.3) is 0 Å². The summed E-state index contributed by atoms with van der Waals surface area (Å²) >= 11 is 0. The van der Waals surface area contributed by atoms with Gasteiger partial charge in [0.2, 0.25) is 10.0 Å². The summed E-state index contributed by atoms with van der Waals surface area (Å²) in [4.78, 5) is 0.299. The second-order valence-corrected chi connectivity index (χ2v) is 7.23. The molecule has 1 aliphatic rings. The Balaban J connectivity index is 2.34. The number of nitrogens with zero attached hydrogens (tertiary/aromatic N) is 1. The average Bonchev–Trinajstić information content (AvgIpc) is 2.46. The summed E-state index contributed by atoms with van der Waals surface area (Å²) in [6.45, 7) is 3.52. The predicted molar refractivity (Wildman–Crippen MR) is 78.0 cm³/mol. The Morgan fingerprint density at radius 2 is 2.20 bits per heavy atom. The van der Waals surface area contributed by atoms with Crippen LogP contribution in [-0.2, 0) is 16.6 Å². The molecule has 0 bridgehead atoms. The lowest BCUT2D eigenvalue weighted by atomic mass is 10.0. The Morgan fingerprint density at radius 3 is 2.80 bits per heavy atom. The average molecular weight is 298 g/mol. The largest absolute Gasteiger partial charge is 0.496 e. The molecule has 1 aromatic carbocycles. The van der Waals surface area contributed by atoms with Crippen LogP contribution in [0, 0.1) is 5.92 Å². The maximum Gasteiger partial charge on any atom is 0.243 e. The Labute approximate surface area is 120 Å². The van der Waals surface area contributed by atoms with Crippen LogP contribution >= 0.6 is 0 Å². The third kappa shape index (κ3) is 2.97. The highest BCUT2D eigenvalue weighted by molar-refractivity contribution is 7.89. The van der Waals surface area contributed by atoms with E-state index in [-0.39, 0.29) is 6.54 Å². The summed E-state index contributed by atoms with van der Waals surface area (Å²) in [5.74, 6) is 1.03. The van der Waals surface area contributed by atoms with Gasteiger partial charge in [0.1, 0.15) is 5.75 Å². The summed E-state index contributed by atoms with van der Waals surface area (Å²) < 4.78 is 32.0. The van der Waals surface area contributed by atoms with Crippen molar-refractivity contribution in [2.24, 2.45) is 11.7 Å². The van der Waals surface area contributed by atoms with E-state index in [1.165, 1.54) is 0 Å². The van der Waals surface area contributed by atoms with Gasteiger partial charge in [-0.2, -0.15) is 4.31 Å². The Hall–Kier alpha value is -1.11. The van der Waals surface area contributed by atoms with E-state index in [9.17, 15) is 8.42 Å². The van der Waals surface area contributed by atoms with Crippen LogP contribution in [0.1, 0.15) is 25.3 Å². The normalized spacial score (nSPS) is 20.9. The first-order valence-electron chi connectivity index (χ1n) is 6.86. The van der Waals surface area contributed by atoms with E-state index in [1.807, 2.05) is 0 Å². The van der Waals surface area contributed by atoms with E-state index >= 15 is 0 Å². The first-order valence-corrected chi connectivity index (χ1v) is 8.30. The fraction of sp³-hybridized carbons (Fsp3) is 0.571. The monoisotopic (exact) mass is 298 g/mol. The van der Waals surface area contributed by atoms with Gasteiger partial charge < -0.3 is 10.5 Å². The molecule has 0 aromatic heterocycles. The zero-order valence-electron chi connectivity index (χ0n) is 12.0. The molecule has 1 fully saturated rings. The maximum absolute atomic E-state index is 12.6. The van der Waals surface area contributed by atoms with E-state index in [0.717, 1.165) is 12.8 Å². The van der Waals surface area contributed by atoms with Gasteiger partial charge in [-0.1, -0.05) is 6.92 Å². The molecule has 0 amide bonds. The number of nitrogens with two attached hydrogens (primary N) is 1. The molecule has 2 rings (SSSR count). The van der Waals surface area contributed by atoms with Crippen molar-refractivity contribution in [2.45, 2.75) is 31.2 Å². The number of rotatable bonds is 4. The minimum atomic E-state index is -3.43. The van der Waals surface area contributed by atoms with E-state index in [0.29, 0.717) is 35.2 Å². The van der Waals surface area contributed by atoms with Gasteiger partial charge in [0, 0.05) is 25.2 Å². The molecular formula is C14H22N2O3S. The fourth-order valence-electron chi connectivity index (χ4n) is 2.59. The summed E-state index contributed by atoms with van der Waals surface area (Å²) in [7, 11) is -1.88. The number of sulfonamides is 1. The van der Waals surface area contributed by atoms with Crippen molar-refractivity contribution >= 4 is 10.0 Å². The third-order valence-corrected chi connectivity index (χ3v) is 5.59. The lowest BCUT2D eigenvalue weighted by Crippen LogP contribution is -2.39. The molecule has 1 saturated heterocycles. The molecule has 0 saturated carbocycles. The van der Waals surface area contributed by atoms with Crippen molar-refractivity contribution in [1.82, 2.24) is 4.31 Å². The molecule has 5 nitrogen and oxygen atoms in total. The van der Waals surface area contributed by atoms with Crippen molar-refractivity contribution in [1.29, 1.82) is 0 Å². The van der Waals surface area contributed by atoms with Crippen molar-refractivity contribution < 1.29 is 13.2 Å². The molecule has 0 spiro atoms. The number of hydrogen-bond acceptors (Lipinski definition) is 4. The van der Waals surface area contributed by atoms with Crippen LogP contribution in [0.4, 0.5) is 0 Å². The summed E-state index contributed by atoms with van der Waals surface area (Å²) in [5, 5.41) is 0. The SMILES string of the molecule is COc1ccc(S(=O)(=O)N2CCCC(C)C2)cc1CN. The van der Waals surface area contributed by atoms with E-state index in [4.69, 9.17) is 10.5 Å². The molecule has 1 heterocycles. The summed E-state index contributed by atoms with van der Waals surface area (Å²) in [6, 6.07) is 4.88. The quantitative estimate of drug-likeness (QED) is 0.916. The van der Waals surface area contributed by atoms with Crippen LogP contribution in [0.3, 0.4) is 0 Å². The van der Waals surface area contributed by atoms with Gasteiger partial charge >= 0.3 is 0 Å². The smallest absolute Gasteiger partial charge is 0.243 e. The third-order valence-electron chi connectivity index (χ3n) is 3.73. The van der Waals surface area contributed by atoms with Crippen LogP contribution in [-0.4, -0.2) is 32.9 Å². The van der Waals surface area contributed by atoms with E-state index in [2.05, 4.69) is 6.92 Å². The Morgan fingerprint density at radius 1 is 1.45 bits per heavy atom. The van der Waals surface area contributed by atoms with Gasteiger partial charge in [0.05, 0.1) is 12.0 Å². The van der Waals surface area contributed by atoms with Gasteiger partial charge in [-0.25, -0.2) is 8.42 Å². The van der Waals surface area contributed by atoms with Gasteiger partial charge in [-0.05, 0) is 37.0 Å². The minimum Gasteiger partial charge on any atom is -0.496 e. The molecule has 0 aliphatic carbocycles. The summed E-state index contributed by atoms with van der Waals surface area (Å²) in [6.07, 6.45) is 2.00. The molecule has 1 unspecified atom stereocenters. The molecule has 1 aliphatic heterocycles. The van der Waals surface area contributed by atoms with Crippen LogP contribution in [0.25, 0.3) is 0 Å². The van der Waals surface area contributed by atoms with Gasteiger partial charge in [0.15, 0.2) is 0 Å². The van der Waals surface area contributed by atoms with Crippen LogP contribution in [0.2, 0.25) is 0 Å². The number of hydrogen-bond donors (Lipinski definition) is 1. The molecule has 20 heavy (non-hydrogen) atoms. The number of ether oxygens (including phenoxy) is 1. The molecule has 6 heteroatoms. The highest BCUT2D eigenvalue weighted by Gasteiger charge is 2.29. The number of piperidine rings is 1. The highest BCUT2D eigenvalue weighted by Crippen LogP contribution is 2.27. The van der Waals surface area contributed by atoms with E-state index in [1.54, 1.807) is 29.6 Å². The lowest BCUT2D eigenvalue weighted by molar-refractivity contribution is 0.281. The maximum atomic E-state index is 12.6. The number of benzene rings is 1. The standard InChI is InChI=1S/C14H22N2O3S/c1-11-4-3-7-16(10-11)20(17,18)13-5-6-14(19-2)12(8-13)9-15/h5-6,8,11H,3-4,7,9-10,15H2,1-2H3. The lowest BCUT2D eigenvalue weighted by Gasteiger charge is -2.30. The topological polar surface area (TPSA) is 72.6 Å². The Bertz CT molecular complexity index is 572. The first-order chi connectivity index (χ1) is 9.48. The predicted octanol–water partition coefficient (Wildman–Crippen LogP) is 1.57. The van der Waals surface area contributed by atoms with Crippen molar-refractivity contribution in [3.63, 3.8) is 0 Å². The zero-order valence-corrected chi connectivity index (χ0v) is 12.8. The number of methoxy groups -OCH3 is 1. The summed E-state index contributed by atoms with van der Waals surface area (Å²) in [5.41, 5.74) is 6.36. The molecule has 1 aromatic rings. The van der Waals surface area contributed by atoms with Crippen LogP contribution in [0.15, 0.2) is 23.1 Å². The Kier molecular flexibility index (Phi) is 4.67. The van der Waals surface area contributed by atoms with Gasteiger partial charge in [-0.3, -0.25) is 0 Å². The molecular weight excluding hydrogens is 276 g/mol. The zero-order chi connectivity index (χ0) is 14.8. The van der Waals surface area contributed by atoms with Crippen molar-refractivity contribution in [3.05, 3.63) is 23.8 Å². The van der Waals surface area contributed by atoms with Crippen molar-refractivity contribution in [3.8, 4) is 5.75 Å². The fourth-order valence-corrected chi connectivity index (χ4v) is 4.24. The van der Waals surface area contributed by atoms with Crippen molar-refractivity contribution in [2.75, 3.05) is 20.2 Å². The minimum absolute atomic E-state index is 0.253. The molecule has 1 atom stereocenters. The molecule has 2 N–H and O–H groups in total. The van der Waals surface area contributed by atoms with E-state index < -0.39 is 10.0 Å². The van der Waals surface area contributed by atoms with Gasteiger partial charge in [-0.15, -0.1) is 0 Å². The van der Waals surface area contributed by atoms with Crippen LogP contribution < -0.4 is 10.5 Å². The van der Waals surface area contributed by atoms with Crippen LogP contribution in [0.5, 0.6) is 5.75 Å². The molecule has 112 valence electrons. The second-order valence-electron chi connectivity index (χ2n) is 5.29. The first kappa shape index (κ1) is 15.3. The molecule has 0 radical (unpaired) electrons. The highest BCUT2D eigenvalue weighted by atomic mass is 32.2.